The van der Waals surface area contributed by atoms with Gasteiger partial charge in [-0.3, -0.25) is 4.90 Å². The maximum absolute atomic E-state index is 6.27. The normalized spacial score (nSPS) is 16.8. The van der Waals surface area contributed by atoms with E-state index in [9.17, 15) is 0 Å². The minimum absolute atomic E-state index is 0.0903. The number of hydrogen-bond donors (Lipinski definition) is 0. The lowest BCUT2D eigenvalue weighted by Crippen LogP contribution is -2.36. The molecule has 0 spiro atoms. The molecule has 2 heterocycles. The fourth-order valence-corrected chi connectivity index (χ4v) is 4.29. The highest BCUT2D eigenvalue weighted by Gasteiger charge is 2.31. The summed E-state index contributed by atoms with van der Waals surface area (Å²) in [7, 11) is 3.34. The van der Waals surface area contributed by atoms with Gasteiger partial charge in [-0.1, -0.05) is 46.4 Å². The van der Waals surface area contributed by atoms with Crippen LogP contribution in [0.1, 0.15) is 28.4 Å². The molecule has 3 aromatic rings. The van der Waals surface area contributed by atoms with E-state index in [-0.39, 0.29) is 6.04 Å². The molecule has 0 bridgehead atoms. The Balaban J connectivity index is 1.80. The van der Waals surface area contributed by atoms with Crippen molar-refractivity contribution in [3.63, 3.8) is 0 Å². The summed E-state index contributed by atoms with van der Waals surface area (Å²) < 4.78 is 15.7. The van der Waals surface area contributed by atoms with Gasteiger partial charge in [0.25, 0.3) is 0 Å². The Hall–Kier alpha value is -2.15. The molecule has 2 aromatic carbocycles. The van der Waals surface area contributed by atoms with Crippen molar-refractivity contribution in [2.24, 2.45) is 0 Å². The SMILES string of the molecule is COc1cc2c(cc1OC)C(c1ccccc1)N(Cc1nnsc1Cl)CC2. The summed E-state index contributed by atoms with van der Waals surface area (Å²) in [5.41, 5.74) is 4.56. The van der Waals surface area contributed by atoms with Gasteiger partial charge in [0, 0.05) is 24.6 Å². The van der Waals surface area contributed by atoms with Crippen molar-refractivity contribution >= 4 is 23.1 Å². The average Bonchev–Trinajstić information content (AvgIpc) is 3.11. The van der Waals surface area contributed by atoms with Crippen molar-refractivity contribution in [3.05, 3.63) is 69.2 Å². The summed E-state index contributed by atoms with van der Waals surface area (Å²) in [5.74, 6) is 1.51. The van der Waals surface area contributed by atoms with E-state index in [4.69, 9.17) is 21.1 Å². The van der Waals surface area contributed by atoms with Crippen LogP contribution in [0.5, 0.6) is 11.5 Å². The van der Waals surface area contributed by atoms with Gasteiger partial charge < -0.3 is 9.47 Å². The Morgan fingerprint density at radius 1 is 1.15 bits per heavy atom. The van der Waals surface area contributed by atoms with Crippen molar-refractivity contribution < 1.29 is 9.47 Å². The summed E-state index contributed by atoms with van der Waals surface area (Å²) in [5, 5.41) is 4.21. The molecule has 1 aromatic heterocycles. The molecule has 1 aliphatic rings. The van der Waals surface area contributed by atoms with E-state index >= 15 is 0 Å². The summed E-state index contributed by atoms with van der Waals surface area (Å²) in [6.45, 7) is 1.55. The molecule has 0 N–H and O–H groups in total. The molecule has 1 unspecified atom stereocenters. The number of aromatic nitrogens is 2. The molecule has 0 aliphatic carbocycles. The highest BCUT2D eigenvalue weighted by Crippen LogP contribution is 2.41. The summed E-state index contributed by atoms with van der Waals surface area (Å²) in [4.78, 5) is 2.40. The van der Waals surface area contributed by atoms with Crippen molar-refractivity contribution in [1.82, 2.24) is 14.5 Å². The van der Waals surface area contributed by atoms with Crippen molar-refractivity contribution in [2.75, 3.05) is 20.8 Å². The van der Waals surface area contributed by atoms with Gasteiger partial charge in [-0.05, 0) is 35.2 Å². The summed E-state index contributed by atoms with van der Waals surface area (Å²) >= 11 is 7.50. The standard InChI is InChI=1S/C20H20ClN3O2S/c1-25-17-10-14-8-9-24(12-16-20(21)27-23-22-16)19(13-6-4-3-5-7-13)15(14)11-18(17)26-2/h3-7,10-11,19H,8-9,12H2,1-2H3. The summed E-state index contributed by atoms with van der Waals surface area (Å²) in [6, 6.07) is 14.8. The number of hydrogen-bond acceptors (Lipinski definition) is 6. The van der Waals surface area contributed by atoms with E-state index in [0.717, 1.165) is 30.2 Å². The Morgan fingerprint density at radius 2 is 1.89 bits per heavy atom. The number of methoxy groups -OCH3 is 2. The van der Waals surface area contributed by atoms with Crippen LogP contribution in [0.2, 0.25) is 4.34 Å². The van der Waals surface area contributed by atoms with Crippen molar-refractivity contribution in [1.29, 1.82) is 0 Å². The van der Waals surface area contributed by atoms with E-state index in [1.165, 1.54) is 28.2 Å². The van der Waals surface area contributed by atoms with Gasteiger partial charge in [-0.25, -0.2) is 0 Å². The lowest BCUT2D eigenvalue weighted by atomic mass is 9.87. The van der Waals surface area contributed by atoms with Crippen LogP contribution in [-0.4, -0.2) is 35.3 Å². The summed E-state index contributed by atoms with van der Waals surface area (Å²) in [6.07, 6.45) is 0.925. The third kappa shape index (κ3) is 3.52. The second kappa shape index (κ2) is 7.84. The van der Waals surface area contributed by atoms with E-state index in [1.807, 2.05) is 6.07 Å². The predicted octanol–water partition coefficient (Wildman–Crippen LogP) is 4.36. The number of ether oxygens (including phenoxy) is 2. The first kappa shape index (κ1) is 18.2. The topological polar surface area (TPSA) is 47.5 Å². The maximum atomic E-state index is 6.27. The second-order valence-electron chi connectivity index (χ2n) is 6.43. The predicted molar refractivity (Wildman–Crippen MR) is 107 cm³/mol. The van der Waals surface area contributed by atoms with E-state index in [1.54, 1.807) is 14.2 Å². The number of fused-ring (bicyclic) bond motifs is 1. The minimum Gasteiger partial charge on any atom is -0.493 e. The van der Waals surface area contributed by atoms with Crippen LogP contribution in [0, 0.1) is 0 Å². The molecular formula is C20H20ClN3O2S. The third-order valence-electron chi connectivity index (χ3n) is 4.95. The Labute approximate surface area is 167 Å². The number of benzene rings is 2. The molecule has 4 rings (SSSR count). The molecule has 7 heteroatoms. The molecule has 1 atom stereocenters. The first-order valence-corrected chi connectivity index (χ1v) is 9.87. The molecule has 5 nitrogen and oxygen atoms in total. The quantitative estimate of drug-likeness (QED) is 0.635. The lowest BCUT2D eigenvalue weighted by Gasteiger charge is -2.37. The van der Waals surface area contributed by atoms with Gasteiger partial charge in [0.1, 0.15) is 10.0 Å². The zero-order chi connectivity index (χ0) is 18.8. The van der Waals surface area contributed by atoms with Gasteiger partial charge >= 0.3 is 0 Å². The largest absolute Gasteiger partial charge is 0.493 e. The van der Waals surface area contributed by atoms with Gasteiger partial charge in [0.05, 0.1) is 20.3 Å². The minimum atomic E-state index is 0.0903. The molecular weight excluding hydrogens is 382 g/mol. The van der Waals surface area contributed by atoms with Crippen LogP contribution < -0.4 is 9.47 Å². The van der Waals surface area contributed by atoms with Gasteiger partial charge in [0.2, 0.25) is 0 Å². The molecule has 0 saturated heterocycles. The van der Waals surface area contributed by atoms with Crippen LogP contribution in [0.4, 0.5) is 0 Å². The lowest BCUT2D eigenvalue weighted by molar-refractivity contribution is 0.201. The molecule has 1 aliphatic heterocycles. The fraction of sp³-hybridized carbons (Fsp3) is 0.300. The van der Waals surface area contributed by atoms with Crippen LogP contribution in [0.15, 0.2) is 42.5 Å². The van der Waals surface area contributed by atoms with Gasteiger partial charge in [0.15, 0.2) is 11.5 Å². The Bertz CT molecular complexity index is 932. The zero-order valence-electron chi connectivity index (χ0n) is 15.2. The highest BCUT2D eigenvalue weighted by atomic mass is 35.5. The van der Waals surface area contributed by atoms with Gasteiger partial charge in [-0.2, -0.15) is 0 Å². The van der Waals surface area contributed by atoms with Crippen LogP contribution in [0.25, 0.3) is 0 Å². The van der Waals surface area contributed by atoms with Crippen LogP contribution in [-0.2, 0) is 13.0 Å². The highest BCUT2D eigenvalue weighted by molar-refractivity contribution is 7.10. The first-order chi connectivity index (χ1) is 13.2. The molecule has 140 valence electrons. The van der Waals surface area contributed by atoms with E-state index in [2.05, 4.69) is 50.9 Å². The van der Waals surface area contributed by atoms with Gasteiger partial charge in [-0.15, -0.1) is 5.10 Å². The van der Waals surface area contributed by atoms with Crippen LogP contribution >= 0.6 is 23.1 Å². The second-order valence-corrected chi connectivity index (χ2v) is 7.79. The smallest absolute Gasteiger partial charge is 0.161 e. The maximum Gasteiger partial charge on any atom is 0.161 e. The molecule has 0 amide bonds. The number of rotatable bonds is 5. The van der Waals surface area contributed by atoms with Crippen LogP contribution in [0.3, 0.4) is 0 Å². The fourth-order valence-electron chi connectivity index (χ4n) is 3.68. The van der Waals surface area contributed by atoms with E-state index in [0.29, 0.717) is 10.9 Å². The third-order valence-corrected chi connectivity index (χ3v) is 5.94. The molecule has 0 radical (unpaired) electrons. The van der Waals surface area contributed by atoms with E-state index < -0.39 is 0 Å². The molecule has 27 heavy (non-hydrogen) atoms. The molecule has 0 fully saturated rings. The Morgan fingerprint density at radius 3 is 2.56 bits per heavy atom. The first-order valence-electron chi connectivity index (χ1n) is 8.71. The average molecular weight is 402 g/mol. The molecule has 0 saturated carbocycles. The monoisotopic (exact) mass is 401 g/mol. The number of nitrogens with zero attached hydrogens (tertiary/aromatic N) is 3. The van der Waals surface area contributed by atoms with Crippen molar-refractivity contribution in [2.45, 2.75) is 19.0 Å². The zero-order valence-corrected chi connectivity index (χ0v) is 16.8. The number of halogens is 1. The van der Waals surface area contributed by atoms with Crippen molar-refractivity contribution in [3.8, 4) is 11.5 Å². The Kier molecular flexibility index (Phi) is 5.29.